The summed E-state index contributed by atoms with van der Waals surface area (Å²) in [5.74, 6) is 1.17. The van der Waals surface area contributed by atoms with E-state index in [1.54, 1.807) is 10.8 Å². The molecule has 0 radical (unpaired) electrons. The third-order valence-corrected chi connectivity index (χ3v) is 2.63. The molecule has 0 spiro atoms. The molecule has 0 aromatic carbocycles. The van der Waals surface area contributed by atoms with Crippen molar-refractivity contribution in [1.82, 2.24) is 0 Å². The largest absolute Gasteiger partial charge is 0.372 e. The van der Waals surface area contributed by atoms with E-state index in [9.17, 15) is 0 Å². The Labute approximate surface area is 51.6 Å². The third-order valence-electron chi connectivity index (χ3n) is 0.774. The van der Waals surface area contributed by atoms with E-state index in [1.807, 2.05) is 10.8 Å². The Balaban J connectivity index is 1.80. The van der Waals surface area contributed by atoms with E-state index < -0.39 is 0 Å². The van der Waals surface area contributed by atoms with Crippen LogP contribution in [0, 0.1) is 0 Å². The molecule has 1 rings (SSSR count). The molecule has 1 aliphatic rings. The van der Waals surface area contributed by atoms with Crippen LogP contribution in [0.4, 0.5) is 0 Å². The molecule has 1 fully saturated rings. The van der Waals surface area contributed by atoms with Gasteiger partial charge < -0.3 is 4.74 Å². The van der Waals surface area contributed by atoms with E-state index in [-0.39, 0.29) is 0 Å². The molecule has 0 N–H and O–H groups in total. The number of epoxide rings is 1. The van der Waals surface area contributed by atoms with Crippen molar-refractivity contribution in [3.05, 3.63) is 0 Å². The molecule has 1 atom stereocenters. The monoisotopic (exact) mass is 136 g/mol. The van der Waals surface area contributed by atoms with Crippen LogP contribution in [0.2, 0.25) is 0 Å². The van der Waals surface area contributed by atoms with E-state index in [0.717, 1.165) is 6.61 Å². The Bertz CT molecular complexity index is 53.7. The van der Waals surface area contributed by atoms with Crippen LogP contribution in [0.1, 0.15) is 0 Å². The first kappa shape index (κ1) is 5.79. The average Bonchev–Trinajstić information content (AvgIpc) is 2.42. The lowest BCUT2D eigenvalue weighted by atomic mass is 10.6. The summed E-state index contributed by atoms with van der Waals surface area (Å²) >= 11 is 0. The van der Waals surface area contributed by atoms with Crippen LogP contribution in [0.25, 0.3) is 0 Å². The van der Waals surface area contributed by atoms with Gasteiger partial charge in [-0.25, -0.2) is 0 Å². The molecule has 42 valence electrons. The number of rotatable bonds is 3. The van der Waals surface area contributed by atoms with Crippen molar-refractivity contribution in [3.8, 4) is 0 Å². The minimum Gasteiger partial charge on any atom is -0.372 e. The summed E-state index contributed by atoms with van der Waals surface area (Å²) in [6.45, 7) is 0.994. The van der Waals surface area contributed by atoms with Gasteiger partial charge in [0.05, 0.1) is 12.7 Å². The SMILES string of the molecule is CSSCC1CO1. The molecule has 7 heavy (non-hydrogen) atoms. The molecule has 1 nitrogen and oxygen atoms in total. The molecule has 0 aromatic rings. The molecule has 0 aliphatic carbocycles. The number of hydrogen-bond acceptors (Lipinski definition) is 3. The fraction of sp³-hybridized carbons (Fsp3) is 1.00. The molecule has 1 aliphatic heterocycles. The van der Waals surface area contributed by atoms with Crippen LogP contribution in [-0.4, -0.2) is 24.7 Å². The third kappa shape index (κ3) is 2.46. The minimum absolute atomic E-state index is 0.595. The van der Waals surface area contributed by atoms with Gasteiger partial charge in [-0.05, 0) is 6.26 Å². The lowest BCUT2D eigenvalue weighted by Gasteiger charge is -1.86. The summed E-state index contributed by atoms with van der Waals surface area (Å²) in [4.78, 5) is 0. The lowest BCUT2D eigenvalue weighted by molar-refractivity contribution is 0.426. The fourth-order valence-corrected chi connectivity index (χ4v) is 1.65. The highest BCUT2D eigenvalue weighted by Gasteiger charge is 2.21. The predicted molar refractivity (Wildman–Crippen MR) is 35.7 cm³/mol. The molecule has 1 saturated heterocycles. The number of ether oxygens (including phenoxy) is 1. The smallest absolute Gasteiger partial charge is 0.0908 e. The first-order valence-corrected chi connectivity index (χ1v) is 4.93. The van der Waals surface area contributed by atoms with Gasteiger partial charge in [-0.3, -0.25) is 0 Å². The van der Waals surface area contributed by atoms with Crippen molar-refractivity contribution in [2.75, 3.05) is 18.6 Å². The molecule has 0 saturated carbocycles. The van der Waals surface area contributed by atoms with Crippen LogP contribution in [0.5, 0.6) is 0 Å². The summed E-state index contributed by atoms with van der Waals surface area (Å²) in [5.41, 5.74) is 0. The topological polar surface area (TPSA) is 12.5 Å². The predicted octanol–water partition coefficient (Wildman–Crippen LogP) is 1.40. The summed E-state index contributed by atoms with van der Waals surface area (Å²) in [5, 5.41) is 0. The van der Waals surface area contributed by atoms with E-state index in [4.69, 9.17) is 4.74 Å². The molecule has 1 unspecified atom stereocenters. The quantitative estimate of drug-likeness (QED) is 0.430. The van der Waals surface area contributed by atoms with Crippen LogP contribution in [0.3, 0.4) is 0 Å². The van der Waals surface area contributed by atoms with Crippen LogP contribution in [-0.2, 0) is 4.74 Å². The van der Waals surface area contributed by atoms with Gasteiger partial charge in [-0.15, -0.1) is 0 Å². The van der Waals surface area contributed by atoms with E-state index in [1.165, 1.54) is 5.75 Å². The van der Waals surface area contributed by atoms with Crippen molar-refractivity contribution in [3.63, 3.8) is 0 Å². The zero-order valence-corrected chi connectivity index (χ0v) is 5.85. The second-order valence-electron chi connectivity index (χ2n) is 1.41. The van der Waals surface area contributed by atoms with E-state index in [2.05, 4.69) is 6.26 Å². The summed E-state index contributed by atoms with van der Waals surface area (Å²) < 4.78 is 4.98. The van der Waals surface area contributed by atoms with Crippen LogP contribution < -0.4 is 0 Å². The second-order valence-corrected chi connectivity index (χ2v) is 4.02. The van der Waals surface area contributed by atoms with E-state index in [0.29, 0.717) is 6.10 Å². The van der Waals surface area contributed by atoms with Gasteiger partial charge in [-0.1, -0.05) is 21.6 Å². The molecule has 0 aromatic heterocycles. The Morgan fingerprint density at radius 2 is 2.57 bits per heavy atom. The number of hydrogen-bond donors (Lipinski definition) is 0. The van der Waals surface area contributed by atoms with Crippen molar-refractivity contribution < 1.29 is 4.74 Å². The standard InChI is InChI=1S/C4H8OS2/c1-6-7-3-4-2-5-4/h4H,2-3H2,1H3. The average molecular weight is 136 g/mol. The molecule has 1 heterocycles. The van der Waals surface area contributed by atoms with Crippen LogP contribution in [0.15, 0.2) is 0 Å². The van der Waals surface area contributed by atoms with Crippen LogP contribution >= 0.6 is 21.6 Å². The van der Waals surface area contributed by atoms with Crippen molar-refractivity contribution in [2.24, 2.45) is 0 Å². The van der Waals surface area contributed by atoms with Crippen molar-refractivity contribution in [2.45, 2.75) is 6.10 Å². The Hall–Kier alpha value is 0.660. The maximum absolute atomic E-state index is 4.98. The maximum Gasteiger partial charge on any atom is 0.0908 e. The van der Waals surface area contributed by atoms with Gasteiger partial charge in [0.2, 0.25) is 0 Å². The fourth-order valence-electron chi connectivity index (χ4n) is 0.308. The molecule has 0 amide bonds. The Kier molecular flexibility index (Phi) is 2.35. The first-order chi connectivity index (χ1) is 3.43. The zero-order valence-electron chi connectivity index (χ0n) is 4.22. The maximum atomic E-state index is 4.98. The molecular formula is C4H8OS2. The van der Waals surface area contributed by atoms with Gasteiger partial charge >= 0.3 is 0 Å². The van der Waals surface area contributed by atoms with E-state index >= 15 is 0 Å². The van der Waals surface area contributed by atoms with Gasteiger partial charge in [0, 0.05) is 5.75 Å². The Morgan fingerprint density at radius 3 is 3.00 bits per heavy atom. The molecule has 3 heteroatoms. The molecular weight excluding hydrogens is 128 g/mol. The van der Waals surface area contributed by atoms with Gasteiger partial charge in [0.1, 0.15) is 0 Å². The normalized spacial score (nSPS) is 27.9. The zero-order chi connectivity index (χ0) is 5.11. The highest BCUT2D eigenvalue weighted by Crippen LogP contribution is 2.23. The molecule has 0 bridgehead atoms. The highest BCUT2D eigenvalue weighted by atomic mass is 33.1. The van der Waals surface area contributed by atoms with Gasteiger partial charge in [-0.2, -0.15) is 0 Å². The summed E-state index contributed by atoms with van der Waals surface area (Å²) in [7, 11) is 3.68. The van der Waals surface area contributed by atoms with Gasteiger partial charge in [0.15, 0.2) is 0 Å². The van der Waals surface area contributed by atoms with Crippen molar-refractivity contribution >= 4 is 21.6 Å². The highest BCUT2D eigenvalue weighted by molar-refractivity contribution is 8.76. The summed E-state index contributed by atoms with van der Waals surface area (Å²) in [6.07, 6.45) is 2.69. The second kappa shape index (κ2) is 2.84. The lowest BCUT2D eigenvalue weighted by Crippen LogP contribution is -1.84. The van der Waals surface area contributed by atoms with Gasteiger partial charge in [0.25, 0.3) is 0 Å². The minimum atomic E-state index is 0.595. The first-order valence-electron chi connectivity index (χ1n) is 2.20. The Morgan fingerprint density at radius 1 is 1.86 bits per heavy atom. The summed E-state index contributed by atoms with van der Waals surface area (Å²) in [6, 6.07) is 0. The van der Waals surface area contributed by atoms with Crippen molar-refractivity contribution in [1.29, 1.82) is 0 Å².